The lowest BCUT2D eigenvalue weighted by atomic mass is 10.0. The Balaban J connectivity index is 2.43. The summed E-state index contributed by atoms with van der Waals surface area (Å²) in [6.07, 6.45) is 1.83. The molecule has 1 unspecified atom stereocenters. The first-order valence-corrected chi connectivity index (χ1v) is 5.24. The fourth-order valence-corrected chi connectivity index (χ4v) is 1.83. The molecule has 1 rings (SSSR count). The summed E-state index contributed by atoms with van der Waals surface area (Å²) in [4.78, 5) is 13.3. The molecule has 0 aromatic heterocycles. The minimum absolute atomic E-state index is 0.254. The van der Waals surface area contributed by atoms with Gasteiger partial charge in [0.2, 0.25) is 0 Å². The third kappa shape index (κ3) is 3.44. The maximum absolute atomic E-state index is 11.2. The second kappa shape index (κ2) is 4.92. The number of piperidine rings is 1. The fraction of sp³-hybridized carbons (Fsp3) is 0.900. The molecular formula is C10H20N2O3. The summed E-state index contributed by atoms with van der Waals surface area (Å²) in [6, 6.07) is 0.254. The number of carbonyl (C=O) groups is 1. The number of nitrogens with two attached hydrogens (primary N) is 1. The van der Waals surface area contributed by atoms with E-state index in [1.54, 1.807) is 0 Å². The van der Waals surface area contributed by atoms with E-state index in [2.05, 4.69) is 4.74 Å². The quantitative estimate of drug-likeness (QED) is 0.612. The van der Waals surface area contributed by atoms with E-state index in [4.69, 9.17) is 5.73 Å². The van der Waals surface area contributed by atoms with E-state index < -0.39 is 11.6 Å². The molecule has 0 bridgehead atoms. The zero-order chi connectivity index (χ0) is 11.5. The summed E-state index contributed by atoms with van der Waals surface area (Å²) in [5.41, 5.74) is 4.35. The van der Waals surface area contributed by atoms with Crippen LogP contribution in [0.2, 0.25) is 0 Å². The number of ether oxygens (including phenoxy) is 1. The van der Waals surface area contributed by atoms with Gasteiger partial charge in [-0.2, -0.15) is 0 Å². The Labute approximate surface area is 90.2 Å². The SMILES string of the molecule is COC(=O)C(C)(O)CN1CCC(N)CC1. The smallest absolute Gasteiger partial charge is 0.338 e. The van der Waals surface area contributed by atoms with E-state index in [0.29, 0.717) is 6.54 Å². The van der Waals surface area contributed by atoms with Crippen molar-refractivity contribution in [3.8, 4) is 0 Å². The van der Waals surface area contributed by atoms with Gasteiger partial charge in [0.1, 0.15) is 0 Å². The van der Waals surface area contributed by atoms with Crippen molar-refractivity contribution in [1.82, 2.24) is 4.90 Å². The lowest BCUT2D eigenvalue weighted by Crippen LogP contribution is -2.50. The fourth-order valence-electron chi connectivity index (χ4n) is 1.83. The minimum atomic E-state index is -1.42. The number of methoxy groups -OCH3 is 1. The number of rotatable bonds is 3. The van der Waals surface area contributed by atoms with Crippen molar-refractivity contribution in [2.45, 2.75) is 31.4 Å². The van der Waals surface area contributed by atoms with Crippen molar-refractivity contribution in [3.05, 3.63) is 0 Å². The molecule has 0 spiro atoms. The van der Waals surface area contributed by atoms with E-state index in [-0.39, 0.29) is 6.04 Å². The van der Waals surface area contributed by atoms with Crippen LogP contribution in [0.5, 0.6) is 0 Å². The van der Waals surface area contributed by atoms with Crippen LogP contribution in [0.15, 0.2) is 0 Å². The average molecular weight is 216 g/mol. The van der Waals surface area contributed by atoms with Gasteiger partial charge in [-0.3, -0.25) is 4.90 Å². The number of likely N-dealkylation sites (tertiary alicyclic amines) is 1. The molecule has 5 heteroatoms. The number of nitrogens with zero attached hydrogens (tertiary/aromatic N) is 1. The van der Waals surface area contributed by atoms with Crippen LogP contribution in [-0.4, -0.2) is 54.4 Å². The highest BCUT2D eigenvalue weighted by Gasteiger charge is 2.34. The van der Waals surface area contributed by atoms with Gasteiger partial charge in [0.15, 0.2) is 5.60 Å². The van der Waals surface area contributed by atoms with Crippen molar-refractivity contribution < 1.29 is 14.6 Å². The first kappa shape index (κ1) is 12.4. The van der Waals surface area contributed by atoms with Crippen LogP contribution in [0.25, 0.3) is 0 Å². The van der Waals surface area contributed by atoms with Crippen molar-refractivity contribution >= 4 is 5.97 Å². The number of β-amino-alcohol motifs (C(OH)–C–C–N with tert-alkyl or cyclic N) is 1. The van der Waals surface area contributed by atoms with Gasteiger partial charge >= 0.3 is 5.97 Å². The molecule has 1 fully saturated rings. The van der Waals surface area contributed by atoms with Crippen LogP contribution in [0.3, 0.4) is 0 Å². The molecule has 1 heterocycles. The van der Waals surface area contributed by atoms with Crippen molar-refractivity contribution in [3.63, 3.8) is 0 Å². The molecule has 0 amide bonds. The maximum atomic E-state index is 11.2. The molecule has 1 atom stereocenters. The minimum Gasteiger partial charge on any atom is -0.467 e. The zero-order valence-electron chi connectivity index (χ0n) is 9.40. The largest absolute Gasteiger partial charge is 0.467 e. The Bertz CT molecular complexity index is 223. The van der Waals surface area contributed by atoms with Gasteiger partial charge in [-0.15, -0.1) is 0 Å². The van der Waals surface area contributed by atoms with E-state index in [1.807, 2.05) is 4.90 Å². The molecule has 3 N–H and O–H groups in total. The molecular weight excluding hydrogens is 196 g/mol. The average Bonchev–Trinajstić information content (AvgIpc) is 2.20. The number of carbonyl (C=O) groups excluding carboxylic acids is 1. The highest BCUT2D eigenvalue weighted by Crippen LogP contribution is 2.14. The Kier molecular flexibility index (Phi) is 4.07. The molecule has 0 radical (unpaired) electrons. The molecule has 0 aromatic carbocycles. The molecule has 15 heavy (non-hydrogen) atoms. The molecule has 0 saturated carbocycles. The summed E-state index contributed by atoms with van der Waals surface area (Å²) in [5, 5.41) is 9.85. The second-order valence-electron chi connectivity index (χ2n) is 4.38. The van der Waals surface area contributed by atoms with E-state index in [9.17, 15) is 9.90 Å². The number of aliphatic hydroxyl groups is 1. The van der Waals surface area contributed by atoms with Crippen molar-refractivity contribution in [1.29, 1.82) is 0 Å². The van der Waals surface area contributed by atoms with Gasteiger partial charge in [0, 0.05) is 12.6 Å². The van der Waals surface area contributed by atoms with Crippen LogP contribution < -0.4 is 5.73 Å². The standard InChI is InChI=1S/C10H20N2O3/c1-10(14,9(13)15-2)7-12-5-3-8(11)4-6-12/h8,14H,3-7,11H2,1-2H3. The molecule has 0 aromatic rings. The Morgan fingerprint density at radius 1 is 1.60 bits per heavy atom. The lowest BCUT2D eigenvalue weighted by Gasteiger charge is -2.34. The van der Waals surface area contributed by atoms with Gasteiger partial charge in [0.05, 0.1) is 7.11 Å². The van der Waals surface area contributed by atoms with Gasteiger partial charge in [-0.25, -0.2) is 4.79 Å². The topological polar surface area (TPSA) is 75.8 Å². The third-order valence-electron chi connectivity index (χ3n) is 2.79. The summed E-state index contributed by atoms with van der Waals surface area (Å²) in [6.45, 7) is 3.45. The van der Waals surface area contributed by atoms with Crippen molar-refractivity contribution in [2.24, 2.45) is 5.73 Å². The predicted octanol–water partition coefficient (Wildman–Crippen LogP) is -0.666. The van der Waals surface area contributed by atoms with E-state index >= 15 is 0 Å². The third-order valence-corrected chi connectivity index (χ3v) is 2.79. The predicted molar refractivity (Wildman–Crippen MR) is 56.3 cm³/mol. The van der Waals surface area contributed by atoms with Gasteiger partial charge in [-0.05, 0) is 32.9 Å². The first-order chi connectivity index (χ1) is 6.95. The number of hydrogen-bond acceptors (Lipinski definition) is 5. The monoisotopic (exact) mass is 216 g/mol. The van der Waals surface area contributed by atoms with Crippen molar-refractivity contribution in [2.75, 3.05) is 26.7 Å². The highest BCUT2D eigenvalue weighted by molar-refractivity contribution is 5.78. The van der Waals surface area contributed by atoms with Crippen LogP contribution in [0.1, 0.15) is 19.8 Å². The van der Waals surface area contributed by atoms with Crippen LogP contribution in [0.4, 0.5) is 0 Å². The van der Waals surface area contributed by atoms with Crippen LogP contribution >= 0.6 is 0 Å². The van der Waals surface area contributed by atoms with E-state index in [1.165, 1.54) is 14.0 Å². The van der Waals surface area contributed by atoms with Gasteiger partial charge in [-0.1, -0.05) is 0 Å². The summed E-state index contributed by atoms with van der Waals surface area (Å²) in [5.74, 6) is -0.586. The first-order valence-electron chi connectivity index (χ1n) is 5.24. The highest BCUT2D eigenvalue weighted by atomic mass is 16.5. The van der Waals surface area contributed by atoms with Gasteiger partial charge in [0.25, 0.3) is 0 Å². The molecule has 1 saturated heterocycles. The lowest BCUT2D eigenvalue weighted by molar-refractivity contribution is -0.162. The van der Waals surface area contributed by atoms with E-state index in [0.717, 1.165) is 25.9 Å². The number of hydrogen-bond donors (Lipinski definition) is 2. The maximum Gasteiger partial charge on any atom is 0.338 e. The Morgan fingerprint density at radius 2 is 2.13 bits per heavy atom. The summed E-state index contributed by atoms with van der Waals surface area (Å²) in [7, 11) is 1.28. The Morgan fingerprint density at radius 3 is 2.60 bits per heavy atom. The Hall–Kier alpha value is -0.650. The van der Waals surface area contributed by atoms with Gasteiger partial charge < -0.3 is 15.6 Å². The van der Waals surface area contributed by atoms with Crippen LogP contribution in [0, 0.1) is 0 Å². The normalized spacial score (nSPS) is 23.5. The summed E-state index contributed by atoms with van der Waals surface area (Å²) >= 11 is 0. The summed E-state index contributed by atoms with van der Waals surface area (Å²) < 4.78 is 4.54. The molecule has 1 aliphatic rings. The molecule has 0 aliphatic carbocycles. The van der Waals surface area contributed by atoms with Crippen LogP contribution in [-0.2, 0) is 9.53 Å². The zero-order valence-corrected chi connectivity index (χ0v) is 9.40. The molecule has 5 nitrogen and oxygen atoms in total. The number of esters is 1. The molecule has 88 valence electrons. The second-order valence-corrected chi connectivity index (χ2v) is 4.38. The molecule has 1 aliphatic heterocycles.